The van der Waals surface area contributed by atoms with Crippen molar-refractivity contribution in [3.05, 3.63) is 47.8 Å². The van der Waals surface area contributed by atoms with Crippen molar-refractivity contribution in [3.63, 3.8) is 0 Å². The number of aliphatic hydroxyl groups is 1. The van der Waals surface area contributed by atoms with Gasteiger partial charge in [0.1, 0.15) is 0 Å². The van der Waals surface area contributed by atoms with E-state index >= 15 is 0 Å². The van der Waals surface area contributed by atoms with Gasteiger partial charge in [-0.05, 0) is 64.0 Å². The summed E-state index contributed by atoms with van der Waals surface area (Å²) in [5.41, 5.74) is 3.77. The normalized spacial score (nSPS) is 22.9. The molecule has 1 N–H and O–H groups in total. The summed E-state index contributed by atoms with van der Waals surface area (Å²) in [5.74, 6) is 0. The average Bonchev–Trinajstić information content (AvgIpc) is 3.24. The number of aliphatic hydroxyl groups excluding tert-OH is 1. The van der Waals surface area contributed by atoms with E-state index in [1.54, 1.807) is 0 Å². The van der Waals surface area contributed by atoms with E-state index in [-0.39, 0.29) is 6.61 Å². The van der Waals surface area contributed by atoms with Crippen LogP contribution in [0.5, 0.6) is 0 Å². The van der Waals surface area contributed by atoms with Crippen LogP contribution in [0.15, 0.2) is 36.7 Å². The van der Waals surface area contributed by atoms with Gasteiger partial charge in [-0.25, -0.2) is 4.68 Å². The van der Waals surface area contributed by atoms with E-state index in [0.717, 1.165) is 38.3 Å². The zero-order chi connectivity index (χ0) is 20.2. The Labute approximate surface area is 174 Å². The van der Waals surface area contributed by atoms with Crippen LogP contribution in [0.2, 0.25) is 0 Å². The first-order valence-electron chi connectivity index (χ1n) is 11.0. The Bertz CT molecular complexity index is 770. The zero-order valence-corrected chi connectivity index (χ0v) is 17.9. The van der Waals surface area contributed by atoms with Crippen molar-refractivity contribution in [1.82, 2.24) is 24.5 Å². The predicted molar refractivity (Wildman–Crippen MR) is 116 cm³/mol. The van der Waals surface area contributed by atoms with E-state index in [4.69, 9.17) is 0 Å². The molecule has 29 heavy (non-hydrogen) atoms. The quantitative estimate of drug-likeness (QED) is 0.809. The minimum Gasteiger partial charge on any atom is -0.396 e. The van der Waals surface area contributed by atoms with Gasteiger partial charge in [-0.1, -0.05) is 17.7 Å². The van der Waals surface area contributed by atoms with Crippen molar-refractivity contribution in [2.45, 2.75) is 44.8 Å². The Balaban J connectivity index is 1.46. The van der Waals surface area contributed by atoms with Crippen molar-refractivity contribution < 1.29 is 5.11 Å². The number of hydrogen-bond acceptors (Lipinski definition) is 5. The smallest absolute Gasteiger partial charge is 0.0690 e. The summed E-state index contributed by atoms with van der Waals surface area (Å²) in [6.07, 6.45) is 7.21. The number of likely N-dealkylation sites (tertiary alicyclic amines) is 1. The van der Waals surface area contributed by atoms with Gasteiger partial charge in [-0.15, -0.1) is 0 Å². The van der Waals surface area contributed by atoms with E-state index in [1.807, 2.05) is 23.1 Å². The van der Waals surface area contributed by atoms with Crippen LogP contribution in [0, 0.1) is 6.92 Å². The lowest BCUT2D eigenvalue weighted by atomic mass is 9.98. The number of piperidine rings is 1. The number of aryl methyl sites for hydroxylation is 1. The average molecular weight is 398 g/mol. The summed E-state index contributed by atoms with van der Waals surface area (Å²) in [6, 6.07) is 9.72. The summed E-state index contributed by atoms with van der Waals surface area (Å²) in [6.45, 7) is 8.94. The van der Waals surface area contributed by atoms with E-state index < -0.39 is 0 Å². The molecule has 1 unspecified atom stereocenters. The molecule has 0 bridgehead atoms. The van der Waals surface area contributed by atoms with Crippen LogP contribution < -0.4 is 0 Å². The monoisotopic (exact) mass is 397 g/mol. The molecule has 4 rings (SSSR count). The first-order valence-corrected chi connectivity index (χ1v) is 11.0. The minimum absolute atomic E-state index is 0.268. The molecular weight excluding hydrogens is 362 g/mol. The molecule has 1 aromatic heterocycles. The molecule has 0 amide bonds. The number of nitrogens with zero attached hydrogens (tertiary/aromatic N) is 5. The van der Waals surface area contributed by atoms with Crippen LogP contribution in [0.25, 0.3) is 5.69 Å². The summed E-state index contributed by atoms with van der Waals surface area (Å²) >= 11 is 0. The topological polar surface area (TPSA) is 47.8 Å². The number of benzene rings is 1. The van der Waals surface area contributed by atoms with Crippen molar-refractivity contribution in [3.8, 4) is 5.69 Å². The molecule has 2 aliphatic heterocycles. The third-order valence-electron chi connectivity index (χ3n) is 6.61. The maximum absolute atomic E-state index is 9.69. The first kappa shape index (κ1) is 20.5. The fourth-order valence-corrected chi connectivity index (χ4v) is 5.01. The van der Waals surface area contributed by atoms with Gasteiger partial charge in [0.2, 0.25) is 0 Å². The Hall–Kier alpha value is -1.73. The molecule has 2 aliphatic rings. The lowest BCUT2D eigenvalue weighted by molar-refractivity contribution is 0.00598. The fraction of sp³-hybridized carbons (Fsp3) is 0.609. The highest BCUT2D eigenvalue weighted by atomic mass is 16.3. The molecule has 1 aromatic carbocycles. The second-order valence-corrected chi connectivity index (χ2v) is 8.76. The third kappa shape index (κ3) is 4.89. The van der Waals surface area contributed by atoms with Gasteiger partial charge in [-0.2, -0.15) is 5.10 Å². The highest BCUT2D eigenvalue weighted by molar-refractivity contribution is 5.42. The summed E-state index contributed by atoms with van der Waals surface area (Å²) in [5, 5.41) is 14.1. The largest absolute Gasteiger partial charge is 0.396 e. The molecule has 0 radical (unpaired) electrons. The predicted octanol–water partition coefficient (Wildman–Crippen LogP) is 2.14. The third-order valence-corrected chi connectivity index (χ3v) is 6.61. The molecule has 6 nitrogen and oxygen atoms in total. The lowest BCUT2D eigenvalue weighted by Crippen LogP contribution is -2.58. The van der Waals surface area contributed by atoms with Gasteiger partial charge in [0.25, 0.3) is 0 Å². The summed E-state index contributed by atoms with van der Waals surface area (Å²) < 4.78 is 1.97. The van der Waals surface area contributed by atoms with Crippen LogP contribution in [0.4, 0.5) is 0 Å². The number of hydrogen-bond donors (Lipinski definition) is 1. The number of rotatable bonds is 6. The first-order chi connectivity index (χ1) is 14.1. The van der Waals surface area contributed by atoms with Gasteiger partial charge in [0.05, 0.1) is 5.69 Å². The molecule has 2 aromatic rings. The SMILES string of the molecule is Cc1ccc(-n2cccn2)c(CN2CCN(C3CCN(C)CC3)C(CCO)C2)c1. The van der Waals surface area contributed by atoms with E-state index in [2.05, 4.69) is 52.0 Å². The maximum atomic E-state index is 9.69. The molecule has 3 heterocycles. The van der Waals surface area contributed by atoms with Gasteiger partial charge in [0.15, 0.2) is 0 Å². The van der Waals surface area contributed by atoms with Crippen molar-refractivity contribution in [1.29, 1.82) is 0 Å². The minimum atomic E-state index is 0.268. The van der Waals surface area contributed by atoms with E-state index in [9.17, 15) is 5.11 Å². The summed E-state index contributed by atoms with van der Waals surface area (Å²) in [4.78, 5) is 7.69. The number of aromatic nitrogens is 2. The van der Waals surface area contributed by atoms with Crippen molar-refractivity contribution >= 4 is 0 Å². The van der Waals surface area contributed by atoms with Gasteiger partial charge in [0, 0.05) is 57.3 Å². The van der Waals surface area contributed by atoms with Gasteiger partial charge in [-0.3, -0.25) is 9.80 Å². The zero-order valence-electron chi connectivity index (χ0n) is 17.9. The lowest BCUT2D eigenvalue weighted by Gasteiger charge is -2.47. The molecule has 0 aliphatic carbocycles. The molecular formula is C23H35N5O. The van der Waals surface area contributed by atoms with E-state index in [1.165, 1.54) is 37.1 Å². The van der Waals surface area contributed by atoms with Crippen molar-refractivity contribution in [2.24, 2.45) is 0 Å². The van der Waals surface area contributed by atoms with Crippen LogP contribution in [0.1, 0.15) is 30.4 Å². The Morgan fingerprint density at radius 3 is 2.69 bits per heavy atom. The molecule has 0 spiro atoms. The summed E-state index contributed by atoms with van der Waals surface area (Å²) in [7, 11) is 2.22. The molecule has 1 atom stereocenters. The van der Waals surface area contributed by atoms with Crippen LogP contribution in [-0.4, -0.2) is 88.0 Å². The fourth-order valence-electron chi connectivity index (χ4n) is 5.01. The van der Waals surface area contributed by atoms with Gasteiger partial charge < -0.3 is 10.0 Å². The van der Waals surface area contributed by atoms with Crippen molar-refractivity contribution in [2.75, 3.05) is 46.4 Å². The maximum Gasteiger partial charge on any atom is 0.0690 e. The number of piperazine rings is 1. The Morgan fingerprint density at radius 2 is 1.97 bits per heavy atom. The molecule has 2 saturated heterocycles. The van der Waals surface area contributed by atoms with Gasteiger partial charge >= 0.3 is 0 Å². The van der Waals surface area contributed by atoms with E-state index in [0.29, 0.717) is 12.1 Å². The van der Waals surface area contributed by atoms with Crippen LogP contribution >= 0.6 is 0 Å². The highest BCUT2D eigenvalue weighted by Gasteiger charge is 2.33. The highest BCUT2D eigenvalue weighted by Crippen LogP contribution is 2.25. The molecule has 0 saturated carbocycles. The second kappa shape index (κ2) is 9.39. The van der Waals surface area contributed by atoms with Crippen LogP contribution in [0.3, 0.4) is 0 Å². The molecule has 158 valence electrons. The standard InChI is InChI=1S/C23H35N5O/c1-19-4-5-23(28-10-3-9-24-28)20(16-19)17-26-13-14-27(22(18-26)8-15-29)21-6-11-25(2)12-7-21/h3-5,9-10,16,21-22,29H,6-8,11-15,17-18H2,1-2H3. The molecule has 6 heteroatoms. The Morgan fingerprint density at radius 1 is 1.14 bits per heavy atom. The second-order valence-electron chi connectivity index (χ2n) is 8.76. The Kier molecular flexibility index (Phi) is 6.65. The van der Waals surface area contributed by atoms with Crippen LogP contribution in [-0.2, 0) is 6.54 Å². The molecule has 2 fully saturated rings.